The fourth-order valence-corrected chi connectivity index (χ4v) is 3.93. The van der Waals surface area contributed by atoms with Crippen LogP contribution in [0.3, 0.4) is 0 Å². The van der Waals surface area contributed by atoms with Gasteiger partial charge in [-0.1, -0.05) is 6.92 Å². The Kier molecular flexibility index (Phi) is 5.06. The molecule has 2 aromatic rings. The predicted octanol–water partition coefficient (Wildman–Crippen LogP) is 3.78. The zero-order chi connectivity index (χ0) is 16.2. The van der Waals surface area contributed by atoms with Crippen molar-refractivity contribution in [2.24, 2.45) is 5.92 Å². The van der Waals surface area contributed by atoms with E-state index in [0.717, 1.165) is 35.0 Å². The number of hydrogen-bond acceptors (Lipinski definition) is 4. The molecule has 0 saturated heterocycles. The number of pyridine rings is 1. The van der Waals surface area contributed by atoms with Crippen LogP contribution in [0.25, 0.3) is 10.6 Å². The molecule has 0 spiro atoms. The first-order valence-electron chi connectivity index (χ1n) is 8.24. The number of amides is 1. The summed E-state index contributed by atoms with van der Waals surface area (Å²) in [6.07, 6.45) is 8.65. The van der Waals surface area contributed by atoms with Gasteiger partial charge >= 0.3 is 0 Å². The molecule has 0 unspecified atom stereocenters. The van der Waals surface area contributed by atoms with Crippen LogP contribution in [-0.2, 0) is 11.2 Å². The maximum atomic E-state index is 12.5. The van der Waals surface area contributed by atoms with Gasteiger partial charge in [0.05, 0.1) is 12.1 Å². The average molecular weight is 329 g/mol. The summed E-state index contributed by atoms with van der Waals surface area (Å²) in [6, 6.07) is 4.29. The number of likely N-dealkylation sites (N-methyl/N-ethyl adjacent to an activating group) is 1. The summed E-state index contributed by atoms with van der Waals surface area (Å²) in [6.45, 7) is 2.30. The van der Waals surface area contributed by atoms with E-state index in [1.807, 2.05) is 29.5 Å². The van der Waals surface area contributed by atoms with Crippen molar-refractivity contribution in [3.8, 4) is 10.6 Å². The Hall–Kier alpha value is -1.75. The Morgan fingerprint density at radius 3 is 2.83 bits per heavy atom. The number of hydrogen-bond donors (Lipinski definition) is 0. The molecular formula is C18H23N3OS. The van der Waals surface area contributed by atoms with Gasteiger partial charge in [-0.25, -0.2) is 4.98 Å². The molecule has 4 nitrogen and oxygen atoms in total. The molecule has 1 fully saturated rings. The zero-order valence-electron chi connectivity index (χ0n) is 13.7. The van der Waals surface area contributed by atoms with Crippen molar-refractivity contribution in [2.45, 2.75) is 45.1 Å². The second-order valence-corrected chi connectivity index (χ2v) is 7.34. The summed E-state index contributed by atoms with van der Waals surface area (Å²) >= 11 is 1.57. The predicted molar refractivity (Wildman–Crippen MR) is 93.2 cm³/mol. The molecule has 0 atom stereocenters. The van der Waals surface area contributed by atoms with E-state index in [9.17, 15) is 4.79 Å². The van der Waals surface area contributed by atoms with Crippen LogP contribution in [0.5, 0.6) is 0 Å². The van der Waals surface area contributed by atoms with E-state index in [2.05, 4.69) is 16.9 Å². The Morgan fingerprint density at radius 1 is 1.35 bits per heavy atom. The monoisotopic (exact) mass is 329 g/mol. The van der Waals surface area contributed by atoms with Crippen molar-refractivity contribution >= 4 is 17.2 Å². The van der Waals surface area contributed by atoms with E-state index in [1.54, 1.807) is 23.7 Å². The number of carbonyl (C=O) groups excluding carboxylic acids is 1. The molecule has 1 aliphatic carbocycles. The zero-order valence-corrected chi connectivity index (χ0v) is 14.6. The number of aromatic nitrogens is 2. The number of carbonyl (C=O) groups is 1. The van der Waals surface area contributed by atoms with E-state index >= 15 is 0 Å². The van der Waals surface area contributed by atoms with Crippen LogP contribution in [0, 0.1) is 5.92 Å². The summed E-state index contributed by atoms with van der Waals surface area (Å²) in [5, 5.41) is 2.91. The first-order chi connectivity index (χ1) is 11.1. The van der Waals surface area contributed by atoms with E-state index in [1.165, 1.54) is 12.8 Å². The van der Waals surface area contributed by atoms with Crippen LogP contribution in [-0.4, -0.2) is 33.9 Å². The molecule has 0 N–H and O–H groups in total. The molecule has 122 valence electrons. The minimum atomic E-state index is 0.174. The lowest BCUT2D eigenvalue weighted by Crippen LogP contribution is -2.40. The van der Waals surface area contributed by atoms with Crippen molar-refractivity contribution in [1.29, 1.82) is 0 Å². The minimum absolute atomic E-state index is 0.174. The molecule has 1 aliphatic rings. The third-order valence-electron chi connectivity index (χ3n) is 4.72. The molecule has 0 radical (unpaired) electrons. The largest absolute Gasteiger partial charge is 0.342 e. The number of nitrogens with zero attached hydrogens (tertiary/aromatic N) is 3. The van der Waals surface area contributed by atoms with Crippen LogP contribution < -0.4 is 0 Å². The van der Waals surface area contributed by atoms with Crippen LogP contribution in [0.1, 0.15) is 38.3 Å². The molecule has 1 saturated carbocycles. The quantitative estimate of drug-likeness (QED) is 0.857. The Morgan fingerprint density at radius 2 is 2.13 bits per heavy atom. The highest BCUT2D eigenvalue weighted by Gasteiger charge is 2.25. The summed E-state index contributed by atoms with van der Waals surface area (Å²) in [5.41, 5.74) is 1.86. The third-order valence-corrected chi connectivity index (χ3v) is 5.66. The summed E-state index contributed by atoms with van der Waals surface area (Å²) in [4.78, 5) is 23.2. The molecule has 2 aromatic heterocycles. The SMILES string of the molecule is CC1CCC(N(C)C(=O)Cc2csc(-c3cccnc3)n2)CC1. The minimum Gasteiger partial charge on any atom is -0.342 e. The fourth-order valence-electron chi connectivity index (χ4n) is 3.12. The van der Waals surface area contributed by atoms with E-state index in [-0.39, 0.29) is 5.91 Å². The molecule has 0 bridgehead atoms. The van der Waals surface area contributed by atoms with Gasteiger partial charge < -0.3 is 4.90 Å². The maximum Gasteiger partial charge on any atom is 0.228 e. The topological polar surface area (TPSA) is 46.1 Å². The van der Waals surface area contributed by atoms with Crippen LogP contribution in [0.4, 0.5) is 0 Å². The van der Waals surface area contributed by atoms with Crippen molar-refractivity contribution in [3.05, 3.63) is 35.6 Å². The summed E-state index contributed by atoms with van der Waals surface area (Å²) in [7, 11) is 1.94. The van der Waals surface area contributed by atoms with Gasteiger partial charge in [0.15, 0.2) is 0 Å². The van der Waals surface area contributed by atoms with Gasteiger partial charge in [0, 0.05) is 36.4 Å². The Balaban J connectivity index is 1.61. The van der Waals surface area contributed by atoms with Gasteiger partial charge in [0.25, 0.3) is 0 Å². The van der Waals surface area contributed by atoms with E-state index in [0.29, 0.717) is 12.5 Å². The summed E-state index contributed by atoms with van der Waals surface area (Å²) < 4.78 is 0. The molecular weight excluding hydrogens is 306 g/mol. The molecule has 5 heteroatoms. The van der Waals surface area contributed by atoms with Gasteiger partial charge in [-0.05, 0) is 43.7 Å². The molecule has 23 heavy (non-hydrogen) atoms. The van der Waals surface area contributed by atoms with Gasteiger partial charge in [0.1, 0.15) is 5.01 Å². The van der Waals surface area contributed by atoms with Crippen molar-refractivity contribution in [1.82, 2.24) is 14.9 Å². The van der Waals surface area contributed by atoms with Crippen LogP contribution in [0.2, 0.25) is 0 Å². The second-order valence-electron chi connectivity index (χ2n) is 6.48. The van der Waals surface area contributed by atoms with Crippen LogP contribution >= 0.6 is 11.3 Å². The number of rotatable bonds is 4. The van der Waals surface area contributed by atoms with Gasteiger partial charge in [-0.3, -0.25) is 9.78 Å². The number of thiazole rings is 1. The first kappa shape index (κ1) is 16.1. The van der Waals surface area contributed by atoms with Gasteiger partial charge in [-0.15, -0.1) is 11.3 Å². The van der Waals surface area contributed by atoms with Crippen molar-refractivity contribution in [2.75, 3.05) is 7.05 Å². The lowest BCUT2D eigenvalue weighted by molar-refractivity contribution is -0.132. The lowest BCUT2D eigenvalue weighted by atomic mass is 9.86. The molecule has 2 heterocycles. The van der Waals surface area contributed by atoms with Crippen molar-refractivity contribution in [3.63, 3.8) is 0 Å². The first-order valence-corrected chi connectivity index (χ1v) is 9.12. The molecule has 1 amide bonds. The van der Waals surface area contributed by atoms with E-state index in [4.69, 9.17) is 0 Å². The molecule has 0 aromatic carbocycles. The van der Waals surface area contributed by atoms with Crippen LogP contribution in [0.15, 0.2) is 29.9 Å². The Bertz CT molecular complexity index is 647. The highest BCUT2D eigenvalue weighted by Crippen LogP contribution is 2.27. The molecule has 3 rings (SSSR count). The normalized spacial score (nSPS) is 21.1. The average Bonchev–Trinajstić information content (AvgIpc) is 3.04. The third kappa shape index (κ3) is 3.96. The van der Waals surface area contributed by atoms with Gasteiger partial charge in [-0.2, -0.15) is 0 Å². The lowest BCUT2D eigenvalue weighted by Gasteiger charge is -2.33. The van der Waals surface area contributed by atoms with Gasteiger partial charge in [0.2, 0.25) is 5.91 Å². The van der Waals surface area contributed by atoms with Crippen molar-refractivity contribution < 1.29 is 4.79 Å². The summed E-state index contributed by atoms with van der Waals surface area (Å²) in [5.74, 6) is 0.975. The standard InChI is InChI=1S/C18H23N3OS/c1-13-5-7-16(8-6-13)21(2)17(22)10-15-12-23-18(20-15)14-4-3-9-19-11-14/h3-4,9,11-13,16H,5-8,10H2,1-2H3. The highest BCUT2D eigenvalue weighted by molar-refractivity contribution is 7.13. The van der Waals surface area contributed by atoms with E-state index < -0.39 is 0 Å². The Labute approximate surface area is 141 Å². The molecule has 0 aliphatic heterocycles. The second kappa shape index (κ2) is 7.21. The smallest absolute Gasteiger partial charge is 0.228 e. The fraction of sp³-hybridized carbons (Fsp3) is 0.500. The highest BCUT2D eigenvalue weighted by atomic mass is 32.1. The maximum absolute atomic E-state index is 12.5.